The summed E-state index contributed by atoms with van der Waals surface area (Å²) < 4.78 is 21.5. The third-order valence-corrected chi connectivity index (χ3v) is 6.61. The van der Waals surface area contributed by atoms with E-state index in [9.17, 15) is 14.0 Å². The number of halogens is 1. The molecule has 1 N–H and O–H groups in total. The van der Waals surface area contributed by atoms with Gasteiger partial charge >= 0.3 is 5.97 Å². The average Bonchev–Trinajstić information content (AvgIpc) is 3.28. The summed E-state index contributed by atoms with van der Waals surface area (Å²) in [7, 11) is 0. The number of aromatic nitrogens is 3. The van der Waals surface area contributed by atoms with Gasteiger partial charge in [0.15, 0.2) is 17.1 Å². The van der Waals surface area contributed by atoms with Crippen LogP contribution in [0, 0.1) is 5.82 Å². The van der Waals surface area contributed by atoms with Crippen LogP contribution in [0.5, 0.6) is 0 Å². The molecule has 1 atom stereocenters. The van der Waals surface area contributed by atoms with Crippen LogP contribution >= 0.6 is 11.8 Å². The van der Waals surface area contributed by atoms with Gasteiger partial charge in [0.05, 0.1) is 11.3 Å². The van der Waals surface area contributed by atoms with Crippen molar-refractivity contribution in [2.75, 3.05) is 5.75 Å². The Bertz CT molecular complexity index is 1130. The molecule has 0 aliphatic heterocycles. The molecular formula is C25H27FN4O3S. The number of carbonyl (C=O) groups excluding carboxylic acids is 2. The number of thioether (sulfide) groups is 1. The van der Waals surface area contributed by atoms with Crippen molar-refractivity contribution in [1.29, 1.82) is 0 Å². The lowest BCUT2D eigenvalue weighted by molar-refractivity contribution is -0.152. The Labute approximate surface area is 202 Å². The Morgan fingerprint density at radius 2 is 1.79 bits per heavy atom. The summed E-state index contributed by atoms with van der Waals surface area (Å²) >= 11 is 1.12. The Morgan fingerprint density at radius 1 is 1.09 bits per heavy atom. The number of benzene rings is 2. The molecule has 1 saturated carbocycles. The van der Waals surface area contributed by atoms with Crippen molar-refractivity contribution < 1.29 is 18.7 Å². The molecule has 9 heteroatoms. The lowest BCUT2D eigenvalue weighted by atomic mass is 9.95. The molecule has 1 unspecified atom stereocenters. The topological polar surface area (TPSA) is 86.1 Å². The number of carbonyl (C=O) groups is 2. The van der Waals surface area contributed by atoms with E-state index in [2.05, 4.69) is 15.5 Å². The number of esters is 1. The van der Waals surface area contributed by atoms with E-state index in [0.717, 1.165) is 43.1 Å². The number of amides is 1. The van der Waals surface area contributed by atoms with Gasteiger partial charge in [0, 0.05) is 11.7 Å². The van der Waals surface area contributed by atoms with Crippen LogP contribution < -0.4 is 5.32 Å². The number of ether oxygens (including phenoxy) is 1. The zero-order valence-corrected chi connectivity index (χ0v) is 19.8. The second kappa shape index (κ2) is 11.3. The van der Waals surface area contributed by atoms with Crippen molar-refractivity contribution in [2.24, 2.45) is 0 Å². The van der Waals surface area contributed by atoms with Gasteiger partial charge in [0.1, 0.15) is 5.82 Å². The molecule has 4 rings (SSSR count). The number of hydrogen-bond acceptors (Lipinski definition) is 6. The van der Waals surface area contributed by atoms with Crippen molar-refractivity contribution in [3.8, 4) is 17.1 Å². The minimum absolute atomic E-state index is 0.0662. The molecule has 1 aliphatic carbocycles. The van der Waals surface area contributed by atoms with E-state index in [1.54, 1.807) is 29.7 Å². The molecular weight excluding hydrogens is 455 g/mol. The summed E-state index contributed by atoms with van der Waals surface area (Å²) in [6.07, 6.45) is 4.44. The number of nitrogens with one attached hydrogen (secondary N) is 1. The van der Waals surface area contributed by atoms with E-state index in [-0.39, 0.29) is 17.7 Å². The fraction of sp³-hybridized carbons (Fsp3) is 0.360. The number of rotatable bonds is 8. The molecule has 0 bridgehead atoms. The van der Waals surface area contributed by atoms with Crippen molar-refractivity contribution in [3.05, 3.63) is 60.4 Å². The molecule has 7 nitrogen and oxygen atoms in total. The summed E-state index contributed by atoms with van der Waals surface area (Å²) in [6.45, 7) is 1.57. The molecule has 1 heterocycles. The van der Waals surface area contributed by atoms with E-state index in [0.29, 0.717) is 16.5 Å². The highest BCUT2D eigenvalue weighted by molar-refractivity contribution is 7.99. The first-order valence-electron chi connectivity index (χ1n) is 11.4. The molecule has 0 saturated heterocycles. The van der Waals surface area contributed by atoms with Gasteiger partial charge in [-0.15, -0.1) is 10.2 Å². The average molecular weight is 483 g/mol. The summed E-state index contributed by atoms with van der Waals surface area (Å²) in [4.78, 5) is 24.9. The number of para-hydroxylation sites is 1. The maximum absolute atomic E-state index is 14.5. The van der Waals surface area contributed by atoms with Crippen LogP contribution in [0.3, 0.4) is 0 Å². The van der Waals surface area contributed by atoms with Gasteiger partial charge < -0.3 is 10.1 Å². The SMILES string of the molecule is CC(OC(=O)CSc1nnc(-c2ccccc2F)n1-c1ccccc1)C(=O)NC1CCCCC1. The van der Waals surface area contributed by atoms with Gasteiger partial charge in [0.2, 0.25) is 0 Å². The summed E-state index contributed by atoms with van der Waals surface area (Å²) in [5.41, 5.74) is 1.04. The van der Waals surface area contributed by atoms with Gasteiger partial charge in [-0.2, -0.15) is 0 Å². The monoisotopic (exact) mass is 482 g/mol. The lowest BCUT2D eigenvalue weighted by Gasteiger charge is -2.24. The molecule has 0 spiro atoms. The Hall–Kier alpha value is -3.20. The molecule has 178 valence electrons. The van der Waals surface area contributed by atoms with Crippen LogP contribution in [0.15, 0.2) is 59.8 Å². The smallest absolute Gasteiger partial charge is 0.317 e. The van der Waals surface area contributed by atoms with Crippen molar-refractivity contribution >= 4 is 23.6 Å². The van der Waals surface area contributed by atoms with Crippen LogP contribution in [0.2, 0.25) is 0 Å². The summed E-state index contributed by atoms with van der Waals surface area (Å²) in [5, 5.41) is 11.8. The van der Waals surface area contributed by atoms with Crippen molar-refractivity contribution in [1.82, 2.24) is 20.1 Å². The van der Waals surface area contributed by atoms with Gasteiger partial charge in [0.25, 0.3) is 5.91 Å². The van der Waals surface area contributed by atoms with E-state index in [4.69, 9.17) is 4.74 Å². The highest BCUT2D eigenvalue weighted by Crippen LogP contribution is 2.29. The fourth-order valence-corrected chi connectivity index (χ4v) is 4.70. The maximum Gasteiger partial charge on any atom is 0.317 e. The van der Waals surface area contributed by atoms with Gasteiger partial charge in [-0.25, -0.2) is 4.39 Å². The zero-order valence-electron chi connectivity index (χ0n) is 18.9. The number of hydrogen-bond donors (Lipinski definition) is 1. The van der Waals surface area contributed by atoms with E-state index in [1.807, 2.05) is 30.3 Å². The van der Waals surface area contributed by atoms with Crippen molar-refractivity contribution in [3.63, 3.8) is 0 Å². The third kappa shape index (κ3) is 5.83. The van der Waals surface area contributed by atoms with Gasteiger partial charge in [-0.1, -0.05) is 61.4 Å². The quantitative estimate of drug-likeness (QED) is 0.375. The highest BCUT2D eigenvalue weighted by Gasteiger charge is 2.24. The second-order valence-electron chi connectivity index (χ2n) is 8.22. The molecule has 1 amide bonds. The first kappa shape index (κ1) is 23.9. The highest BCUT2D eigenvalue weighted by atomic mass is 32.2. The van der Waals surface area contributed by atoms with Crippen LogP contribution in [0.25, 0.3) is 17.1 Å². The fourth-order valence-electron chi connectivity index (χ4n) is 3.96. The van der Waals surface area contributed by atoms with Crippen LogP contribution in [-0.4, -0.2) is 44.5 Å². The molecule has 1 fully saturated rings. The first-order chi connectivity index (χ1) is 16.5. The van der Waals surface area contributed by atoms with E-state index in [1.165, 1.54) is 12.5 Å². The van der Waals surface area contributed by atoms with E-state index < -0.39 is 17.9 Å². The molecule has 1 aliphatic rings. The Balaban J connectivity index is 1.44. The van der Waals surface area contributed by atoms with E-state index >= 15 is 0 Å². The van der Waals surface area contributed by atoms with Crippen LogP contribution in [0.4, 0.5) is 4.39 Å². The predicted molar refractivity (Wildman–Crippen MR) is 128 cm³/mol. The number of nitrogens with zero attached hydrogens (tertiary/aromatic N) is 3. The van der Waals surface area contributed by atoms with Gasteiger partial charge in [-0.05, 0) is 44.0 Å². The second-order valence-corrected chi connectivity index (χ2v) is 9.16. The van der Waals surface area contributed by atoms with Crippen LogP contribution in [-0.2, 0) is 14.3 Å². The Kier molecular flexibility index (Phi) is 7.95. The molecule has 0 radical (unpaired) electrons. The lowest BCUT2D eigenvalue weighted by Crippen LogP contribution is -2.43. The largest absolute Gasteiger partial charge is 0.452 e. The minimum atomic E-state index is -0.879. The Morgan fingerprint density at radius 3 is 2.53 bits per heavy atom. The van der Waals surface area contributed by atoms with Gasteiger partial charge in [-0.3, -0.25) is 14.2 Å². The standard InChI is InChI=1S/C25H27FN4O3S/c1-17(24(32)27-18-10-4-2-5-11-18)33-22(31)16-34-25-29-28-23(20-14-8-9-15-21(20)26)30(25)19-12-6-3-7-13-19/h3,6-9,12-15,17-18H,2,4-5,10-11,16H2,1H3,(H,27,32). The normalized spacial score (nSPS) is 15.0. The minimum Gasteiger partial charge on any atom is -0.452 e. The maximum atomic E-state index is 14.5. The third-order valence-electron chi connectivity index (χ3n) is 5.71. The molecule has 3 aromatic rings. The van der Waals surface area contributed by atoms with Crippen molar-refractivity contribution in [2.45, 2.75) is 56.3 Å². The molecule has 1 aromatic heterocycles. The summed E-state index contributed by atoms with van der Waals surface area (Å²) in [6, 6.07) is 15.8. The zero-order chi connectivity index (χ0) is 23.9. The summed E-state index contributed by atoms with van der Waals surface area (Å²) in [5.74, 6) is -0.962. The molecule has 34 heavy (non-hydrogen) atoms. The predicted octanol–water partition coefficient (Wildman–Crippen LogP) is 4.55. The van der Waals surface area contributed by atoms with Crippen LogP contribution in [0.1, 0.15) is 39.0 Å². The first-order valence-corrected chi connectivity index (χ1v) is 12.4. The molecule has 2 aromatic carbocycles.